The molecule has 158 valence electrons. The van der Waals surface area contributed by atoms with E-state index in [1.807, 2.05) is 0 Å². The summed E-state index contributed by atoms with van der Waals surface area (Å²) in [5.74, 6) is -0.361. The Morgan fingerprint density at radius 3 is 2.29 bits per heavy atom. The van der Waals surface area contributed by atoms with Crippen molar-refractivity contribution in [1.82, 2.24) is 0 Å². The highest BCUT2D eigenvalue weighted by atomic mass is 127. The summed E-state index contributed by atoms with van der Waals surface area (Å²) < 4.78 is 12.9. The number of phenolic OH excluding ortho intramolecular Hbond substituents is 1. The van der Waals surface area contributed by atoms with E-state index in [9.17, 15) is 9.90 Å². The van der Waals surface area contributed by atoms with Crippen LogP contribution in [0.1, 0.15) is 82.8 Å². The summed E-state index contributed by atoms with van der Waals surface area (Å²) in [5.41, 5.74) is 3.69. The molecule has 1 aliphatic heterocycles. The Morgan fingerprint density at radius 1 is 1.21 bits per heavy atom. The summed E-state index contributed by atoms with van der Waals surface area (Å²) in [6.07, 6.45) is 2.36. The standard InChI is InChI=1S/C22H35IO4Si/c1-8-9-18-11-16-10-17(20(23)21(24)19(16)22(25)27-18)12-26-28(13(2)3,14(4)5)15(6)7/h10,13-15,18,24H,8-9,11-12H2,1-7H3/t18-/m1/s1. The molecule has 1 aromatic carbocycles. The Bertz CT molecular complexity index is 693. The maximum Gasteiger partial charge on any atom is 0.342 e. The van der Waals surface area contributed by atoms with Gasteiger partial charge < -0.3 is 14.3 Å². The second kappa shape index (κ2) is 9.47. The van der Waals surface area contributed by atoms with Gasteiger partial charge in [0.25, 0.3) is 0 Å². The molecule has 1 atom stereocenters. The molecular formula is C22H35IO4Si. The molecule has 0 spiro atoms. The van der Waals surface area contributed by atoms with Crippen molar-refractivity contribution in [2.45, 2.75) is 97.1 Å². The molecule has 1 heterocycles. The molecule has 4 nitrogen and oxygen atoms in total. The number of phenols is 1. The van der Waals surface area contributed by atoms with Crippen molar-refractivity contribution in [2.75, 3.05) is 0 Å². The largest absolute Gasteiger partial charge is 0.506 e. The van der Waals surface area contributed by atoms with E-state index in [0.717, 1.165) is 24.0 Å². The molecule has 0 fully saturated rings. The number of benzene rings is 1. The molecule has 0 saturated heterocycles. The first kappa shape index (κ1) is 23.7. The Hall–Kier alpha value is -0.603. The van der Waals surface area contributed by atoms with Crippen molar-refractivity contribution >= 4 is 36.9 Å². The third-order valence-electron chi connectivity index (χ3n) is 6.12. The van der Waals surface area contributed by atoms with Crippen LogP contribution in [-0.2, 0) is 22.2 Å². The fraction of sp³-hybridized carbons (Fsp3) is 0.682. The van der Waals surface area contributed by atoms with E-state index in [2.05, 4.69) is 77.1 Å². The second-order valence-corrected chi connectivity index (χ2v) is 15.4. The van der Waals surface area contributed by atoms with Gasteiger partial charge in [-0.15, -0.1) is 0 Å². The van der Waals surface area contributed by atoms with Gasteiger partial charge in [0.15, 0.2) is 0 Å². The molecule has 1 aliphatic rings. The van der Waals surface area contributed by atoms with E-state index in [4.69, 9.17) is 9.16 Å². The van der Waals surface area contributed by atoms with Crippen LogP contribution >= 0.6 is 22.6 Å². The van der Waals surface area contributed by atoms with Gasteiger partial charge in [-0.2, -0.15) is 0 Å². The highest BCUT2D eigenvalue weighted by Gasteiger charge is 2.45. The fourth-order valence-corrected chi connectivity index (χ4v) is 10.9. The smallest absolute Gasteiger partial charge is 0.342 e. The normalized spacial score (nSPS) is 17.4. The quantitative estimate of drug-likeness (QED) is 0.240. The summed E-state index contributed by atoms with van der Waals surface area (Å²) in [5, 5.41) is 10.7. The number of halogens is 1. The van der Waals surface area contributed by atoms with Crippen LogP contribution in [0.25, 0.3) is 0 Å². The van der Waals surface area contributed by atoms with Crippen LogP contribution in [-0.4, -0.2) is 25.5 Å². The zero-order valence-corrected chi connectivity index (χ0v) is 21.4. The Labute approximate surface area is 184 Å². The average Bonchev–Trinajstić information content (AvgIpc) is 2.58. The number of carbonyl (C=O) groups is 1. The minimum absolute atomic E-state index is 0.0440. The van der Waals surface area contributed by atoms with Gasteiger partial charge in [-0.05, 0) is 56.8 Å². The Morgan fingerprint density at radius 2 is 1.79 bits per heavy atom. The van der Waals surface area contributed by atoms with Gasteiger partial charge in [0, 0.05) is 6.42 Å². The first-order valence-electron chi connectivity index (χ1n) is 10.4. The third-order valence-corrected chi connectivity index (χ3v) is 13.4. The number of rotatable bonds is 8. The number of carbonyl (C=O) groups excluding carboxylic acids is 1. The molecule has 6 heteroatoms. The summed E-state index contributed by atoms with van der Waals surface area (Å²) in [4.78, 5) is 12.4. The number of ether oxygens (including phenoxy) is 1. The van der Waals surface area contributed by atoms with Crippen molar-refractivity contribution in [3.05, 3.63) is 26.3 Å². The van der Waals surface area contributed by atoms with Crippen LogP contribution in [0.5, 0.6) is 5.75 Å². The van der Waals surface area contributed by atoms with E-state index in [1.54, 1.807) is 0 Å². The summed E-state index contributed by atoms with van der Waals surface area (Å²) in [6, 6.07) is 2.06. The van der Waals surface area contributed by atoms with E-state index >= 15 is 0 Å². The first-order chi connectivity index (χ1) is 13.1. The van der Waals surface area contributed by atoms with Gasteiger partial charge in [0.05, 0.1) is 10.2 Å². The molecule has 0 radical (unpaired) electrons. The van der Waals surface area contributed by atoms with Crippen LogP contribution in [0.2, 0.25) is 16.6 Å². The van der Waals surface area contributed by atoms with Crippen molar-refractivity contribution in [3.63, 3.8) is 0 Å². The number of cyclic esters (lactones) is 1. The fourth-order valence-electron chi connectivity index (χ4n) is 4.94. The molecule has 2 rings (SSSR count). The van der Waals surface area contributed by atoms with Gasteiger partial charge in [-0.1, -0.05) is 61.0 Å². The van der Waals surface area contributed by atoms with Crippen molar-refractivity contribution in [3.8, 4) is 5.75 Å². The molecule has 0 amide bonds. The molecule has 1 N–H and O–H groups in total. The van der Waals surface area contributed by atoms with Gasteiger partial charge in [-0.3, -0.25) is 0 Å². The van der Waals surface area contributed by atoms with Gasteiger partial charge in [0.1, 0.15) is 17.4 Å². The van der Waals surface area contributed by atoms with Crippen LogP contribution in [0.3, 0.4) is 0 Å². The van der Waals surface area contributed by atoms with Gasteiger partial charge >= 0.3 is 5.97 Å². The number of fused-ring (bicyclic) bond motifs is 1. The lowest BCUT2D eigenvalue weighted by Crippen LogP contribution is -2.47. The Balaban J connectivity index is 2.38. The maximum atomic E-state index is 12.4. The van der Waals surface area contributed by atoms with E-state index in [1.165, 1.54) is 0 Å². The minimum atomic E-state index is -2.00. The number of hydrogen-bond acceptors (Lipinski definition) is 4. The molecule has 0 bridgehead atoms. The monoisotopic (exact) mass is 518 g/mol. The minimum Gasteiger partial charge on any atom is -0.506 e. The Kier molecular flexibility index (Phi) is 8.01. The van der Waals surface area contributed by atoms with Gasteiger partial charge in [0.2, 0.25) is 8.32 Å². The number of aromatic hydroxyl groups is 1. The SMILES string of the molecule is CCC[C@@H]1Cc2cc(CO[Si](C(C)C)(C(C)C)C(C)C)c(I)c(O)c2C(=O)O1. The van der Waals surface area contributed by atoms with Crippen molar-refractivity contribution in [2.24, 2.45) is 0 Å². The predicted octanol–water partition coefficient (Wildman–Crippen LogP) is 6.57. The molecule has 28 heavy (non-hydrogen) atoms. The summed E-state index contributed by atoms with van der Waals surface area (Å²) in [6.45, 7) is 16.2. The molecule has 0 aliphatic carbocycles. The lowest BCUT2D eigenvalue weighted by Gasteiger charge is -2.42. The van der Waals surface area contributed by atoms with Crippen LogP contribution in [0.4, 0.5) is 0 Å². The number of hydrogen-bond donors (Lipinski definition) is 1. The topological polar surface area (TPSA) is 55.8 Å². The van der Waals surface area contributed by atoms with Gasteiger partial charge in [-0.25, -0.2) is 4.79 Å². The molecule has 0 saturated carbocycles. The zero-order valence-electron chi connectivity index (χ0n) is 18.3. The van der Waals surface area contributed by atoms with Crippen molar-refractivity contribution in [1.29, 1.82) is 0 Å². The maximum absolute atomic E-state index is 12.4. The lowest BCUT2D eigenvalue weighted by molar-refractivity contribution is 0.0232. The van der Waals surface area contributed by atoms with Crippen LogP contribution in [0, 0.1) is 3.57 Å². The summed E-state index contributed by atoms with van der Waals surface area (Å²) >= 11 is 2.12. The molecule has 1 aromatic rings. The molecule has 0 aromatic heterocycles. The van der Waals surface area contributed by atoms with E-state index in [0.29, 0.717) is 38.8 Å². The summed E-state index contributed by atoms with van der Waals surface area (Å²) in [7, 11) is -2.00. The molecule has 0 unspecified atom stereocenters. The predicted molar refractivity (Wildman–Crippen MR) is 124 cm³/mol. The van der Waals surface area contributed by atoms with Crippen molar-refractivity contribution < 1.29 is 19.1 Å². The zero-order chi connectivity index (χ0) is 21.2. The molecular weight excluding hydrogens is 483 g/mol. The highest BCUT2D eigenvalue weighted by Crippen LogP contribution is 2.43. The van der Waals surface area contributed by atoms with E-state index < -0.39 is 14.3 Å². The highest BCUT2D eigenvalue weighted by molar-refractivity contribution is 14.1. The second-order valence-electron chi connectivity index (χ2n) is 8.86. The first-order valence-corrected chi connectivity index (χ1v) is 13.7. The van der Waals surface area contributed by atoms with Crippen LogP contribution < -0.4 is 0 Å². The van der Waals surface area contributed by atoms with Crippen LogP contribution in [0.15, 0.2) is 6.07 Å². The number of esters is 1. The lowest BCUT2D eigenvalue weighted by atomic mass is 9.94. The average molecular weight is 519 g/mol. The third kappa shape index (κ3) is 4.43. The van der Waals surface area contributed by atoms with E-state index in [-0.39, 0.29) is 11.9 Å².